The summed E-state index contributed by atoms with van der Waals surface area (Å²) < 4.78 is 59.5. The number of methoxy groups -OCH3 is 1. The van der Waals surface area contributed by atoms with Gasteiger partial charge in [0, 0.05) is 18.3 Å². The van der Waals surface area contributed by atoms with Gasteiger partial charge in [0.2, 0.25) is 5.91 Å². The molecule has 30 heavy (non-hydrogen) atoms. The molecule has 0 spiro atoms. The molecule has 1 heterocycles. The summed E-state index contributed by atoms with van der Waals surface area (Å²) in [6.07, 6.45) is -3.54. The molecule has 0 radical (unpaired) electrons. The lowest BCUT2D eigenvalue weighted by molar-refractivity contribution is -0.142. The molecule has 158 valence electrons. The number of nitrogens with zero attached hydrogens (tertiary/aromatic N) is 2. The number of halogens is 4. The Bertz CT molecular complexity index is 1010. The minimum absolute atomic E-state index is 0.129. The van der Waals surface area contributed by atoms with E-state index in [4.69, 9.17) is 4.74 Å². The Morgan fingerprint density at radius 3 is 2.50 bits per heavy atom. The molecule has 0 fully saturated rings. The van der Waals surface area contributed by atoms with Gasteiger partial charge in [0.15, 0.2) is 5.69 Å². The second-order valence-corrected chi connectivity index (χ2v) is 6.63. The number of hydrogen-bond acceptors (Lipinski definition) is 3. The van der Waals surface area contributed by atoms with Crippen LogP contribution in [0.25, 0.3) is 0 Å². The van der Waals surface area contributed by atoms with Crippen LogP contribution < -0.4 is 10.1 Å². The van der Waals surface area contributed by atoms with Gasteiger partial charge in [0.05, 0.1) is 20.1 Å². The zero-order chi connectivity index (χ0) is 21.7. The van der Waals surface area contributed by atoms with Crippen LogP contribution in [0.5, 0.6) is 5.75 Å². The molecule has 0 bridgehead atoms. The molecular formula is C21H19F4N3O2. The van der Waals surface area contributed by atoms with Gasteiger partial charge in [0.25, 0.3) is 0 Å². The summed E-state index contributed by atoms with van der Waals surface area (Å²) >= 11 is 0. The number of benzene rings is 2. The Morgan fingerprint density at radius 2 is 1.87 bits per heavy atom. The zero-order valence-electron chi connectivity index (χ0n) is 16.0. The molecular weight excluding hydrogens is 402 g/mol. The van der Waals surface area contributed by atoms with E-state index in [0.717, 1.165) is 5.56 Å². The Hall–Kier alpha value is -3.36. The molecule has 1 amide bonds. The van der Waals surface area contributed by atoms with Crippen molar-refractivity contribution < 1.29 is 27.1 Å². The third-order valence-electron chi connectivity index (χ3n) is 4.34. The van der Waals surface area contributed by atoms with Crippen molar-refractivity contribution in [2.75, 3.05) is 7.11 Å². The molecule has 0 unspecified atom stereocenters. The van der Waals surface area contributed by atoms with E-state index < -0.39 is 23.6 Å². The number of amides is 1. The van der Waals surface area contributed by atoms with Crippen LogP contribution in [0.3, 0.4) is 0 Å². The number of rotatable bonds is 7. The number of carbonyl (C=O) groups is 1. The maximum atomic E-state index is 13.4. The molecule has 0 aliphatic heterocycles. The molecule has 3 aromatic rings. The highest BCUT2D eigenvalue weighted by Gasteiger charge is 2.37. The zero-order valence-corrected chi connectivity index (χ0v) is 16.0. The van der Waals surface area contributed by atoms with Gasteiger partial charge in [-0.2, -0.15) is 18.3 Å². The highest BCUT2D eigenvalue weighted by Crippen LogP contribution is 2.31. The molecule has 5 nitrogen and oxygen atoms in total. The number of ether oxygens (including phenoxy) is 1. The van der Waals surface area contributed by atoms with Gasteiger partial charge in [-0.05, 0) is 35.4 Å². The van der Waals surface area contributed by atoms with Crippen molar-refractivity contribution in [1.29, 1.82) is 0 Å². The van der Waals surface area contributed by atoms with Gasteiger partial charge in [-0.3, -0.25) is 9.48 Å². The summed E-state index contributed by atoms with van der Waals surface area (Å²) in [5.74, 6) is -0.368. The summed E-state index contributed by atoms with van der Waals surface area (Å²) in [6, 6.07) is 12.3. The first-order valence-electron chi connectivity index (χ1n) is 9.02. The summed E-state index contributed by atoms with van der Waals surface area (Å²) in [4.78, 5) is 12.1. The van der Waals surface area contributed by atoms with Crippen molar-refractivity contribution >= 4 is 5.91 Å². The fourth-order valence-electron chi connectivity index (χ4n) is 2.92. The molecule has 0 aliphatic carbocycles. The molecule has 0 saturated carbocycles. The van der Waals surface area contributed by atoms with Gasteiger partial charge in [0.1, 0.15) is 11.6 Å². The fourth-order valence-corrected chi connectivity index (χ4v) is 2.92. The second kappa shape index (κ2) is 8.98. The maximum Gasteiger partial charge on any atom is 0.435 e. The smallest absolute Gasteiger partial charge is 0.435 e. The van der Waals surface area contributed by atoms with Crippen LogP contribution in [0.4, 0.5) is 17.6 Å². The first-order valence-corrected chi connectivity index (χ1v) is 9.02. The molecule has 1 N–H and O–H groups in total. The van der Waals surface area contributed by atoms with E-state index in [2.05, 4.69) is 10.4 Å². The lowest BCUT2D eigenvalue weighted by atomic mass is 10.1. The third-order valence-corrected chi connectivity index (χ3v) is 4.34. The monoisotopic (exact) mass is 421 g/mol. The first-order chi connectivity index (χ1) is 14.2. The van der Waals surface area contributed by atoms with Crippen LogP contribution in [-0.2, 0) is 30.5 Å². The molecule has 0 aliphatic rings. The van der Waals surface area contributed by atoms with Gasteiger partial charge in [-0.1, -0.05) is 24.3 Å². The van der Waals surface area contributed by atoms with E-state index in [9.17, 15) is 22.4 Å². The van der Waals surface area contributed by atoms with E-state index in [-0.39, 0.29) is 25.1 Å². The van der Waals surface area contributed by atoms with E-state index in [1.165, 1.54) is 36.2 Å². The number of hydrogen-bond donors (Lipinski definition) is 1. The van der Waals surface area contributed by atoms with Crippen LogP contribution in [0, 0.1) is 5.82 Å². The molecule has 3 rings (SSSR count). The average molecular weight is 421 g/mol. The standard InChI is InChI=1S/C21H19F4N3O2/c1-30-18-7-5-14(6-8-18)12-28-13-16(20(27-28)21(23,24)25)11-26-19(29)10-15-3-2-4-17(22)9-15/h2-9,13H,10-12H2,1H3,(H,26,29). The van der Waals surface area contributed by atoms with Crippen molar-refractivity contribution in [1.82, 2.24) is 15.1 Å². The van der Waals surface area contributed by atoms with E-state index in [1.807, 2.05) is 0 Å². The van der Waals surface area contributed by atoms with Crippen molar-refractivity contribution in [3.05, 3.63) is 82.9 Å². The molecule has 0 atom stereocenters. The van der Waals surface area contributed by atoms with Crippen LogP contribution in [-0.4, -0.2) is 22.8 Å². The lowest BCUT2D eigenvalue weighted by Gasteiger charge is -2.08. The van der Waals surface area contributed by atoms with Gasteiger partial charge < -0.3 is 10.1 Å². The predicted octanol–water partition coefficient (Wildman–Crippen LogP) is 3.96. The van der Waals surface area contributed by atoms with E-state index in [1.54, 1.807) is 30.3 Å². The Morgan fingerprint density at radius 1 is 1.13 bits per heavy atom. The summed E-state index contributed by atoms with van der Waals surface area (Å²) in [5, 5.41) is 6.09. The number of aromatic nitrogens is 2. The second-order valence-electron chi connectivity index (χ2n) is 6.63. The Balaban J connectivity index is 1.70. The summed E-state index contributed by atoms with van der Waals surface area (Å²) in [5.41, 5.74) is -0.0295. The molecule has 9 heteroatoms. The normalized spacial score (nSPS) is 11.4. The highest BCUT2D eigenvalue weighted by atomic mass is 19.4. The first kappa shape index (κ1) is 21.4. The van der Waals surface area contributed by atoms with Gasteiger partial charge >= 0.3 is 6.18 Å². The lowest BCUT2D eigenvalue weighted by Crippen LogP contribution is -2.25. The number of nitrogens with one attached hydrogen (secondary N) is 1. The Labute approximate surface area is 170 Å². The topological polar surface area (TPSA) is 56.1 Å². The van der Waals surface area contributed by atoms with Crippen molar-refractivity contribution in [2.45, 2.75) is 25.7 Å². The predicted molar refractivity (Wildman–Crippen MR) is 101 cm³/mol. The molecule has 2 aromatic carbocycles. The third kappa shape index (κ3) is 5.59. The summed E-state index contributed by atoms with van der Waals surface area (Å²) in [7, 11) is 1.52. The number of carbonyl (C=O) groups excluding carboxylic acids is 1. The molecule has 0 saturated heterocycles. The minimum atomic E-state index is -4.66. The van der Waals surface area contributed by atoms with Crippen LogP contribution in [0.2, 0.25) is 0 Å². The van der Waals surface area contributed by atoms with E-state index in [0.29, 0.717) is 11.3 Å². The van der Waals surface area contributed by atoms with E-state index >= 15 is 0 Å². The fraction of sp³-hybridized carbons (Fsp3) is 0.238. The van der Waals surface area contributed by atoms with Crippen molar-refractivity contribution in [3.8, 4) is 5.75 Å². The van der Waals surface area contributed by atoms with Gasteiger partial charge in [-0.15, -0.1) is 0 Å². The van der Waals surface area contributed by atoms with Crippen LogP contribution in [0.15, 0.2) is 54.7 Å². The van der Waals surface area contributed by atoms with Crippen LogP contribution >= 0.6 is 0 Å². The maximum absolute atomic E-state index is 13.4. The van der Waals surface area contributed by atoms with Gasteiger partial charge in [-0.25, -0.2) is 4.39 Å². The van der Waals surface area contributed by atoms with Crippen molar-refractivity contribution in [2.24, 2.45) is 0 Å². The van der Waals surface area contributed by atoms with Crippen LogP contribution in [0.1, 0.15) is 22.4 Å². The quantitative estimate of drug-likeness (QED) is 0.588. The number of alkyl halides is 3. The summed E-state index contributed by atoms with van der Waals surface area (Å²) in [6.45, 7) is -0.212. The largest absolute Gasteiger partial charge is 0.497 e. The average Bonchev–Trinajstić information content (AvgIpc) is 3.10. The minimum Gasteiger partial charge on any atom is -0.497 e. The SMILES string of the molecule is COc1ccc(Cn2cc(CNC(=O)Cc3cccc(F)c3)c(C(F)(F)F)n2)cc1. The van der Waals surface area contributed by atoms with Crippen molar-refractivity contribution in [3.63, 3.8) is 0 Å². The highest BCUT2D eigenvalue weighted by molar-refractivity contribution is 5.78. The molecule has 1 aromatic heterocycles. The Kier molecular flexibility index (Phi) is 6.39.